The minimum atomic E-state index is -1.05. The molecule has 2 aromatic rings. The van der Waals surface area contributed by atoms with Crippen LogP contribution in [0.5, 0.6) is 11.5 Å². The van der Waals surface area contributed by atoms with Crippen molar-refractivity contribution in [2.24, 2.45) is 0 Å². The van der Waals surface area contributed by atoms with Crippen LogP contribution < -0.4 is 4.74 Å². The molecule has 0 aliphatic rings. The van der Waals surface area contributed by atoms with Gasteiger partial charge in [-0.15, -0.1) is 0 Å². The summed E-state index contributed by atoms with van der Waals surface area (Å²) in [7, 11) is 0. The highest BCUT2D eigenvalue weighted by atomic mass is 19.2. The van der Waals surface area contributed by atoms with Crippen LogP contribution in [0.3, 0.4) is 0 Å². The summed E-state index contributed by atoms with van der Waals surface area (Å²) in [4.78, 5) is 0. The van der Waals surface area contributed by atoms with Crippen molar-refractivity contribution in [2.45, 2.75) is 19.8 Å². The molecule has 0 amide bonds. The number of benzene rings is 2. The van der Waals surface area contributed by atoms with Gasteiger partial charge in [0.1, 0.15) is 0 Å². The van der Waals surface area contributed by atoms with Crippen LogP contribution in [0.1, 0.15) is 19.8 Å². The molecular formula is C14H14F2O2. The molecule has 0 aromatic heterocycles. The average molecular weight is 252 g/mol. The first-order valence-electron chi connectivity index (χ1n) is 5.87. The molecule has 0 radical (unpaired) electrons. The van der Waals surface area contributed by atoms with Gasteiger partial charge in [-0.2, -0.15) is 0 Å². The Morgan fingerprint density at radius 3 is 2.61 bits per heavy atom. The molecule has 2 rings (SSSR count). The lowest BCUT2D eigenvalue weighted by Gasteiger charge is -2.10. The van der Waals surface area contributed by atoms with E-state index in [1.807, 2.05) is 6.92 Å². The summed E-state index contributed by atoms with van der Waals surface area (Å²) < 4.78 is 32.1. The maximum atomic E-state index is 13.6. The molecule has 0 atom stereocenters. The van der Waals surface area contributed by atoms with Gasteiger partial charge in [0.2, 0.25) is 0 Å². The zero-order valence-electron chi connectivity index (χ0n) is 10.0. The molecule has 0 bridgehead atoms. The van der Waals surface area contributed by atoms with Crippen LogP contribution in [0.2, 0.25) is 0 Å². The molecule has 0 spiro atoms. The topological polar surface area (TPSA) is 29.5 Å². The predicted molar refractivity (Wildman–Crippen MR) is 65.9 cm³/mol. The Kier molecular flexibility index (Phi) is 3.65. The standard InChI is InChI=1S/C14H14F2O2/c1-2-3-8-18-11-7-5-9-4-6-10(15)13(16)12(9)14(11)17/h4-7,17H,2-3,8H2,1H3. The van der Waals surface area contributed by atoms with Crippen LogP contribution in [0.15, 0.2) is 24.3 Å². The van der Waals surface area contributed by atoms with Crippen molar-refractivity contribution in [1.29, 1.82) is 0 Å². The van der Waals surface area contributed by atoms with Gasteiger partial charge < -0.3 is 9.84 Å². The van der Waals surface area contributed by atoms with Crippen molar-refractivity contribution in [3.05, 3.63) is 35.9 Å². The molecule has 0 unspecified atom stereocenters. The Labute approximate surface area is 104 Å². The summed E-state index contributed by atoms with van der Waals surface area (Å²) in [6.45, 7) is 2.45. The van der Waals surface area contributed by atoms with Gasteiger partial charge in [-0.1, -0.05) is 25.5 Å². The van der Waals surface area contributed by atoms with E-state index >= 15 is 0 Å². The molecule has 96 valence electrons. The van der Waals surface area contributed by atoms with Crippen molar-refractivity contribution in [1.82, 2.24) is 0 Å². The van der Waals surface area contributed by atoms with Gasteiger partial charge in [-0.3, -0.25) is 0 Å². The van der Waals surface area contributed by atoms with E-state index in [1.165, 1.54) is 6.07 Å². The molecule has 0 saturated heterocycles. The lowest BCUT2D eigenvalue weighted by atomic mass is 10.1. The van der Waals surface area contributed by atoms with Crippen molar-refractivity contribution in [3.63, 3.8) is 0 Å². The molecule has 2 nitrogen and oxygen atoms in total. The summed E-state index contributed by atoms with van der Waals surface area (Å²) in [5.74, 6) is -2.20. The molecule has 0 saturated carbocycles. The van der Waals surface area contributed by atoms with Crippen molar-refractivity contribution in [2.75, 3.05) is 6.61 Å². The Balaban J connectivity index is 2.45. The van der Waals surface area contributed by atoms with E-state index in [1.54, 1.807) is 12.1 Å². The molecule has 2 aromatic carbocycles. The third-order valence-corrected chi connectivity index (χ3v) is 2.77. The number of hydrogen-bond donors (Lipinski definition) is 1. The summed E-state index contributed by atoms with van der Waals surface area (Å²) >= 11 is 0. The Morgan fingerprint density at radius 1 is 1.17 bits per heavy atom. The number of hydrogen-bond acceptors (Lipinski definition) is 2. The van der Waals surface area contributed by atoms with Crippen LogP contribution in [-0.2, 0) is 0 Å². The zero-order chi connectivity index (χ0) is 13.1. The normalized spacial score (nSPS) is 10.8. The monoisotopic (exact) mass is 252 g/mol. The molecular weight excluding hydrogens is 238 g/mol. The van der Waals surface area contributed by atoms with E-state index in [2.05, 4.69) is 0 Å². The van der Waals surface area contributed by atoms with E-state index in [9.17, 15) is 13.9 Å². The third-order valence-electron chi connectivity index (χ3n) is 2.77. The van der Waals surface area contributed by atoms with Gasteiger partial charge in [0.25, 0.3) is 0 Å². The quantitative estimate of drug-likeness (QED) is 0.833. The smallest absolute Gasteiger partial charge is 0.170 e. The first kappa shape index (κ1) is 12.6. The first-order valence-corrected chi connectivity index (χ1v) is 5.87. The van der Waals surface area contributed by atoms with E-state index in [-0.39, 0.29) is 16.9 Å². The summed E-state index contributed by atoms with van der Waals surface area (Å²) in [6, 6.07) is 5.61. The lowest BCUT2D eigenvalue weighted by molar-refractivity contribution is 0.294. The Hall–Kier alpha value is -1.84. The highest BCUT2D eigenvalue weighted by Crippen LogP contribution is 2.36. The molecule has 4 heteroatoms. The van der Waals surface area contributed by atoms with Gasteiger partial charge in [0.15, 0.2) is 23.1 Å². The number of halogens is 2. The highest BCUT2D eigenvalue weighted by Gasteiger charge is 2.14. The minimum absolute atomic E-state index is 0.135. The Bertz CT molecular complexity index is 567. The van der Waals surface area contributed by atoms with Crippen LogP contribution >= 0.6 is 0 Å². The lowest BCUT2D eigenvalue weighted by Crippen LogP contribution is -1.97. The fourth-order valence-electron chi connectivity index (χ4n) is 1.76. The van der Waals surface area contributed by atoms with E-state index in [0.29, 0.717) is 12.0 Å². The second kappa shape index (κ2) is 5.21. The van der Waals surface area contributed by atoms with Crippen LogP contribution in [-0.4, -0.2) is 11.7 Å². The van der Waals surface area contributed by atoms with Gasteiger partial charge in [0, 0.05) is 0 Å². The summed E-state index contributed by atoms with van der Waals surface area (Å²) in [5.41, 5.74) is 0. The fraction of sp³-hybridized carbons (Fsp3) is 0.286. The summed E-state index contributed by atoms with van der Waals surface area (Å²) in [5, 5.41) is 10.2. The number of phenols is 1. The maximum absolute atomic E-state index is 13.6. The number of fused-ring (bicyclic) bond motifs is 1. The van der Waals surface area contributed by atoms with Crippen molar-refractivity contribution >= 4 is 10.8 Å². The van der Waals surface area contributed by atoms with Gasteiger partial charge in [-0.25, -0.2) is 8.78 Å². The number of unbranched alkanes of at least 4 members (excludes halogenated alkanes) is 1. The zero-order valence-corrected chi connectivity index (χ0v) is 10.0. The number of aromatic hydroxyl groups is 1. The SMILES string of the molecule is CCCCOc1ccc2ccc(F)c(F)c2c1O. The van der Waals surface area contributed by atoms with E-state index in [0.717, 1.165) is 18.9 Å². The molecule has 0 aliphatic heterocycles. The van der Waals surface area contributed by atoms with E-state index in [4.69, 9.17) is 4.74 Å². The number of rotatable bonds is 4. The van der Waals surface area contributed by atoms with Crippen molar-refractivity contribution < 1.29 is 18.6 Å². The molecule has 0 aliphatic carbocycles. The van der Waals surface area contributed by atoms with Gasteiger partial charge >= 0.3 is 0 Å². The highest BCUT2D eigenvalue weighted by molar-refractivity contribution is 5.91. The maximum Gasteiger partial charge on any atom is 0.170 e. The first-order chi connectivity index (χ1) is 8.65. The van der Waals surface area contributed by atoms with Crippen molar-refractivity contribution in [3.8, 4) is 11.5 Å². The summed E-state index contributed by atoms with van der Waals surface area (Å²) in [6.07, 6.45) is 1.79. The number of ether oxygens (including phenoxy) is 1. The molecule has 18 heavy (non-hydrogen) atoms. The van der Waals surface area contributed by atoms with Crippen LogP contribution in [0.25, 0.3) is 10.8 Å². The molecule has 0 fully saturated rings. The Morgan fingerprint density at radius 2 is 1.89 bits per heavy atom. The van der Waals surface area contributed by atoms with Crippen LogP contribution in [0, 0.1) is 11.6 Å². The second-order valence-corrected chi connectivity index (χ2v) is 4.07. The predicted octanol–water partition coefficient (Wildman–Crippen LogP) is 4.00. The largest absolute Gasteiger partial charge is 0.504 e. The fourth-order valence-corrected chi connectivity index (χ4v) is 1.76. The number of phenolic OH excluding ortho intramolecular Hbond substituents is 1. The van der Waals surface area contributed by atoms with E-state index < -0.39 is 11.6 Å². The molecule has 1 N–H and O–H groups in total. The second-order valence-electron chi connectivity index (χ2n) is 4.07. The minimum Gasteiger partial charge on any atom is -0.504 e. The average Bonchev–Trinajstić information content (AvgIpc) is 2.36. The van der Waals surface area contributed by atoms with Gasteiger partial charge in [0.05, 0.1) is 12.0 Å². The van der Waals surface area contributed by atoms with Gasteiger partial charge in [-0.05, 0) is 23.9 Å². The van der Waals surface area contributed by atoms with Crippen LogP contribution in [0.4, 0.5) is 8.78 Å². The molecule has 0 heterocycles. The third kappa shape index (κ3) is 2.23.